The second kappa shape index (κ2) is 7.56. The van der Waals surface area contributed by atoms with Crippen molar-refractivity contribution in [1.82, 2.24) is 10.2 Å². The number of esters is 1. The summed E-state index contributed by atoms with van der Waals surface area (Å²) in [7, 11) is 3.25. The Morgan fingerprint density at radius 1 is 1.24 bits per heavy atom. The van der Waals surface area contributed by atoms with Gasteiger partial charge in [0.2, 0.25) is 0 Å². The first-order valence-corrected chi connectivity index (χ1v) is 8.15. The number of carbonyl (C=O) groups is 1. The number of likely N-dealkylation sites (tertiary alicyclic amines) is 1. The van der Waals surface area contributed by atoms with Crippen molar-refractivity contribution >= 4 is 5.97 Å². The van der Waals surface area contributed by atoms with Crippen molar-refractivity contribution in [2.45, 2.75) is 50.6 Å². The molecule has 0 amide bonds. The van der Waals surface area contributed by atoms with E-state index >= 15 is 0 Å². The Morgan fingerprint density at radius 2 is 1.90 bits per heavy atom. The molecule has 122 valence electrons. The van der Waals surface area contributed by atoms with Crippen molar-refractivity contribution in [3.05, 3.63) is 0 Å². The summed E-state index contributed by atoms with van der Waals surface area (Å²) in [5.41, 5.74) is -0.542. The molecule has 0 bridgehead atoms. The monoisotopic (exact) mass is 298 g/mol. The summed E-state index contributed by atoms with van der Waals surface area (Å²) in [6.45, 7) is 6.01. The summed E-state index contributed by atoms with van der Waals surface area (Å²) in [5.74, 6) is 0.562. The zero-order valence-electron chi connectivity index (χ0n) is 13.7. The molecule has 2 rings (SSSR count). The van der Waals surface area contributed by atoms with E-state index in [0.29, 0.717) is 12.0 Å². The number of piperidine rings is 1. The summed E-state index contributed by atoms with van der Waals surface area (Å²) in [4.78, 5) is 14.5. The molecule has 1 heterocycles. The number of ether oxygens (including phenoxy) is 2. The number of methoxy groups -OCH3 is 2. The second-order valence-electron chi connectivity index (χ2n) is 6.73. The first-order chi connectivity index (χ1) is 10.1. The minimum atomic E-state index is -0.542. The van der Waals surface area contributed by atoms with Gasteiger partial charge in [-0.1, -0.05) is 0 Å². The van der Waals surface area contributed by atoms with Crippen molar-refractivity contribution in [2.24, 2.45) is 5.92 Å². The fourth-order valence-electron chi connectivity index (χ4n) is 3.13. The quantitative estimate of drug-likeness (QED) is 0.687. The lowest BCUT2D eigenvalue weighted by Gasteiger charge is -2.35. The Balaban J connectivity index is 1.77. The van der Waals surface area contributed by atoms with Gasteiger partial charge < -0.3 is 14.4 Å². The topological polar surface area (TPSA) is 50.8 Å². The van der Waals surface area contributed by atoms with E-state index in [1.807, 2.05) is 6.92 Å². The number of hydrogen-bond acceptors (Lipinski definition) is 5. The van der Waals surface area contributed by atoms with Crippen LogP contribution in [0, 0.1) is 5.92 Å². The molecule has 1 saturated heterocycles. The minimum Gasteiger partial charge on any atom is -0.468 e. The van der Waals surface area contributed by atoms with Crippen LogP contribution < -0.4 is 5.32 Å². The highest BCUT2D eigenvalue weighted by molar-refractivity contribution is 5.80. The predicted molar refractivity (Wildman–Crippen MR) is 82.2 cm³/mol. The molecule has 1 atom stereocenters. The van der Waals surface area contributed by atoms with Crippen LogP contribution in [-0.4, -0.2) is 62.9 Å². The van der Waals surface area contributed by atoms with Crippen molar-refractivity contribution in [2.75, 3.05) is 40.5 Å². The van der Waals surface area contributed by atoms with Gasteiger partial charge in [0, 0.05) is 26.3 Å². The van der Waals surface area contributed by atoms with Crippen LogP contribution in [0.4, 0.5) is 0 Å². The van der Waals surface area contributed by atoms with E-state index in [1.165, 1.54) is 32.8 Å². The fourth-order valence-corrected chi connectivity index (χ4v) is 3.13. The third kappa shape index (κ3) is 4.94. The molecule has 1 aliphatic heterocycles. The molecular weight excluding hydrogens is 268 g/mol. The Labute approximate surface area is 128 Å². The lowest BCUT2D eigenvalue weighted by Crippen LogP contribution is -2.53. The summed E-state index contributed by atoms with van der Waals surface area (Å²) in [5, 5.41) is 3.47. The van der Waals surface area contributed by atoms with Gasteiger partial charge >= 0.3 is 5.97 Å². The molecule has 1 N–H and O–H groups in total. The summed E-state index contributed by atoms with van der Waals surface area (Å²) in [6.07, 6.45) is 5.55. The fraction of sp³-hybridized carbons (Fsp3) is 0.938. The van der Waals surface area contributed by atoms with Crippen LogP contribution in [0.3, 0.4) is 0 Å². The molecule has 0 aromatic rings. The largest absolute Gasteiger partial charge is 0.468 e. The molecule has 5 nitrogen and oxygen atoms in total. The standard InChI is InChI=1S/C16H30N2O3/c1-16(15(19)21-3,17-14-4-5-14)8-11-18-9-6-13(7-10-18)12-20-2/h13-14,17H,4-12H2,1-3H3. The van der Waals surface area contributed by atoms with E-state index in [4.69, 9.17) is 9.47 Å². The van der Waals surface area contributed by atoms with E-state index in [-0.39, 0.29) is 5.97 Å². The first kappa shape index (κ1) is 16.7. The van der Waals surface area contributed by atoms with Crippen LogP contribution in [0.5, 0.6) is 0 Å². The third-order valence-corrected chi connectivity index (χ3v) is 4.77. The smallest absolute Gasteiger partial charge is 0.325 e. The maximum atomic E-state index is 12.1. The Morgan fingerprint density at radius 3 is 2.43 bits per heavy atom. The van der Waals surface area contributed by atoms with E-state index in [0.717, 1.165) is 32.7 Å². The molecule has 2 aliphatic rings. The lowest BCUT2D eigenvalue weighted by molar-refractivity contribution is -0.148. The van der Waals surface area contributed by atoms with Crippen molar-refractivity contribution in [3.63, 3.8) is 0 Å². The summed E-state index contributed by atoms with van der Waals surface area (Å²) < 4.78 is 10.2. The zero-order chi connectivity index (χ0) is 15.3. The average molecular weight is 298 g/mol. The highest BCUT2D eigenvalue weighted by Crippen LogP contribution is 2.26. The SMILES string of the molecule is COCC1CCN(CCC(C)(NC2CC2)C(=O)OC)CC1. The Hall–Kier alpha value is -0.650. The summed E-state index contributed by atoms with van der Waals surface area (Å²) >= 11 is 0. The van der Waals surface area contributed by atoms with Crippen molar-refractivity contribution < 1.29 is 14.3 Å². The van der Waals surface area contributed by atoms with Gasteiger partial charge in [-0.25, -0.2) is 0 Å². The number of carbonyl (C=O) groups excluding carboxylic acids is 1. The van der Waals surface area contributed by atoms with E-state index in [9.17, 15) is 4.79 Å². The molecule has 5 heteroatoms. The maximum absolute atomic E-state index is 12.1. The highest BCUT2D eigenvalue weighted by atomic mass is 16.5. The molecule has 2 fully saturated rings. The van der Waals surface area contributed by atoms with Crippen LogP contribution in [0.25, 0.3) is 0 Å². The van der Waals surface area contributed by atoms with E-state index < -0.39 is 5.54 Å². The van der Waals surface area contributed by atoms with Gasteiger partial charge in [-0.2, -0.15) is 0 Å². The third-order valence-electron chi connectivity index (χ3n) is 4.77. The van der Waals surface area contributed by atoms with Gasteiger partial charge in [0.15, 0.2) is 0 Å². The van der Waals surface area contributed by atoms with Gasteiger partial charge in [-0.3, -0.25) is 10.1 Å². The molecule has 1 saturated carbocycles. The minimum absolute atomic E-state index is 0.135. The number of nitrogens with zero attached hydrogens (tertiary/aromatic N) is 1. The molecule has 0 aromatic carbocycles. The normalized spacial score (nSPS) is 23.8. The number of hydrogen-bond donors (Lipinski definition) is 1. The molecule has 0 spiro atoms. The van der Waals surface area contributed by atoms with Gasteiger partial charge in [0.05, 0.1) is 7.11 Å². The van der Waals surface area contributed by atoms with Gasteiger partial charge in [0.1, 0.15) is 5.54 Å². The van der Waals surface area contributed by atoms with Crippen molar-refractivity contribution in [1.29, 1.82) is 0 Å². The number of nitrogens with one attached hydrogen (secondary N) is 1. The van der Waals surface area contributed by atoms with E-state index in [1.54, 1.807) is 7.11 Å². The van der Waals surface area contributed by atoms with Crippen LogP contribution >= 0.6 is 0 Å². The van der Waals surface area contributed by atoms with Gasteiger partial charge in [0.25, 0.3) is 0 Å². The summed E-state index contributed by atoms with van der Waals surface area (Å²) in [6, 6.07) is 0.501. The Kier molecular flexibility index (Phi) is 6.02. The van der Waals surface area contributed by atoms with E-state index in [2.05, 4.69) is 10.2 Å². The average Bonchev–Trinajstić information content (AvgIpc) is 3.30. The molecule has 0 aromatic heterocycles. The second-order valence-corrected chi connectivity index (χ2v) is 6.73. The molecule has 1 aliphatic carbocycles. The molecule has 1 unspecified atom stereocenters. The Bertz CT molecular complexity index is 338. The van der Waals surface area contributed by atoms with Crippen LogP contribution in [0.2, 0.25) is 0 Å². The van der Waals surface area contributed by atoms with Crippen LogP contribution in [0.1, 0.15) is 39.0 Å². The van der Waals surface area contributed by atoms with Crippen LogP contribution in [0.15, 0.2) is 0 Å². The van der Waals surface area contributed by atoms with Gasteiger partial charge in [-0.15, -0.1) is 0 Å². The number of rotatable bonds is 8. The predicted octanol–water partition coefficient (Wildman–Crippen LogP) is 1.42. The molecular formula is C16H30N2O3. The van der Waals surface area contributed by atoms with Gasteiger partial charge in [-0.05, 0) is 58.0 Å². The zero-order valence-corrected chi connectivity index (χ0v) is 13.7. The molecule has 0 radical (unpaired) electrons. The maximum Gasteiger partial charge on any atom is 0.325 e. The lowest BCUT2D eigenvalue weighted by atomic mass is 9.94. The molecule has 21 heavy (non-hydrogen) atoms. The van der Waals surface area contributed by atoms with Crippen molar-refractivity contribution in [3.8, 4) is 0 Å². The first-order valence-electron chi connectivity index (χ1n) is 8.15. The highest BCUT2D eigenvalue weighted by Gasteiger charge is 2.39. The van der Waals surface area contributed by atoms with Crippen LogP contribution in [-0.2, 0) is 14.3 Å².